The summed E-state index contributed by atoms with van der Waals surface area (Å²) >= 11 is 0. The molecule has 1 aromatic rings. The van der Waals surface area contributed by atoms with Crippen LogP contribution in [0, 0.1) is 5.92 Å². The Labute approximate surface area is 163 Å². The van der Waals surface area contributed by atoms with Gasteiger partial charge < -0.3 is 4.90 Å². The van der Waals surface area contributed by atoms with Crippen molar-refractivity contribution < 1.29 is 48.7 Å². The van der Waals surface area contributed by atoms with Crippen LogP contribution in [0.3, 0.4) is 0 Å². The van der Waals surface area contributed by atoms with Crippen molar-refractivity contribution in [3.8, 4) is 0 Å². The Morgan fingerprint density at radius 3 is 1.80 bits per heavy atom. The fourth-order valence-electron chi connectivity index (χ4n) is 3.13. The van der Waals surface area contributed by atoms with Crippen molar-refractivity contribution in [2.45, 2.75) is 37.7 Å². The average Bonchev–Trinajstić information content (AvgIpc) is 2.58. The molecule has 0 fully saturated rings. The van der Waals surface area contributed by atoms with E-state index in [0.717, 1.165) is 4.90 Å². The van der Waals surface area contributed by atoms with Crippen molar-refractivity contribution in [3.63, 3.8) is 0 Å². The summed E-state index contributed by atoms with van der Waals surface area (Å²) in [6.07, 6.45) is -18.3. The number of hydrogen-bond acceptors (Lipinski definition) is 2. The first-order chi connectivity index (χ1) is 13.5. The van der Waals surface area contributed by atoms with Gasteiger partial charge in [-0.3, -0.25) is 4.79 Å². The van der Waals surface area contributed by atoms with Gasteiger partial charge in [0.1, 0.15) is 0 Å². The number of alkyl halides is 10. The van der Waals surface area contributed by atoms with Gasteiger partial charge in [-0.05, 0) is 18.1 Å². The molecule has 0 aromatic heterocycles. The van der Waals surface area contributed by atoms with E-state index in [-0.39, 0.29) is 12.7 Å². The van der Waals surface area contributed by atoms with Gasteiger partial charge in [-0.15, -0.1) is 0 Å². The molecule has 0 spiro atoms. The van der Waals surface area contributed by atoms with Gasteiger partial charge in [0.25, 0.3) is 5.78 Å². The lowest BCUT2D eigenvalue weighted by Crippen LogP contribution is -2.60. The number of ketones is 1. The van der Waals surface area contributed by atoms with Gasteiger partial charge in [-0.25, -0.2) is 4.39 Å². The number of benzene rings is 1. The summed E-state index contributed by atoms with van der Waals surface area (Å²) in [6, 6.07) is 7.63. The van der Waals surface area contributed by atoms with Gasteiger partial charge in [-0.1, -0.05) is 30.3 Å². The molecule has 0 saturated heterocycles. The Kier molecular flexibility index (Phi) is 6.03. The molecular weight excluding hydrogens is 436 g/mol. The molecule has 0 amide bonds. The molecule has 30 heavy (non-hydrogen) atoms. The Bertz CT molecular complexity index is 834. The summed E-state index contributed by atoms with van der Waals surface area (Å²) in [5, 5.41) is 0. The van der Waals surface area contributed by atoms with E-state index in [2.05, 4.69) is 0 Å². The van der Waals surface area contributed by atoms with E-state index in [1.165, 1.54) is 24.3 Å². The van der Waals surface area contributed by atoms with Crippen molar-refractivity contribution in [2.24, 2.45) is 5.92 Å². The highest BCUT2D eigenvalue weighted by atomic mass is 19.4. The van der Waals surface area contributed by atoms with Gasteiger partial charge in [0, 0.05) is 24.5 Å². The van der Waals surface area contributed by atoms with E-state index >= 15 is 0 Å². The quantitative estimate of drug-likeness (QED) is 0.536. The Balaban J connectivity index is 2.66. The number of Topliss-reactive ketones (excluding diaryl/α,β-unsaturated/α-hetero) is 1. The number of nitrogens with zero attached hydrogens (tertiary/aromatic N) is 1. The molecule has 1 aliphatic heterocycles. The largest absolute Gasteiger partial charge is 0.454 e. The molecule has 0 radical (unpaired) electrons. The predicted molar refractivity (Wildman–Crippen MR) is 84.3 cm³/mol. The zero-order chi connectivity index (χ0) is 23.1. The van der Waals surface area contributed by atoms with Gasteiger partial charge in [0.2, 0.25) is 0 Å². The van der Waals surface area contributed by atoms with Gasteiger partial charge >= 0.3 is 24.2 Å². The van der Waals surface area contributed by atoms with Gasteiger partial charge in [0.05, 0.1) is 5.92 Å². The first kappa shape index (κ1) is 23.7. The maximum absolute atomic E-state index is 14.6. The zero-order valence-corrected chi connectivity index (χ0v) is 15.0. The minimum absolute atomic E-state index is 0.173. The fourth-order valence-corrected chi connectivity index (χ4v) is 3.13. The lowest BCUT2D eigenvalue weighted by molar-refractivity contribution is -0.351. The number of allylic oxidation sites excluding steroid dienone is 2. The molecule has 1 unspecified atom stereocenters. The molecule has 166 valence electrons. The standard InChI is InChI=1S/C18H13F10NO/c1-10-7-29(8-11-5-3-2-4-6-11)9-12(14(30)16(20,21)22)13(10)15(19,17(23,24)25)18(26,27)28/h2-7,9,13H,8H2,1H3. The number of carbonyl (C=O) groups excluding carboxylic acids is 1. The topological polar surface area (TPSA) is 20.3 Å². The van der Waals surface area contributed by atoms with Crippen LogP contribution in [-0.4, -0.2) is 34.9 Å². The van der Waals surface area contributed by atoms with Gasteiger partial charge in [-0.2, -0.15) is 39.5 Å². The fraction of sp³-hybridized carbons (Fsp3) is 0.389. The third-order valence-electron chi connectivity index (χ3n) is 4.39. The third kappa shape index (κ3) is 4.31. The van der Waals surface area contributed by atoms with Crippen molar-refractivity contribution in [3.05, 3.63) is 59.4 Å². The van der Waals surface area contributed by atoms with E-state index in [4.69, 9.17) is 0 Å². The number of rotatable bonds is 4. The second-order valence-electron chi connectivity index (χ2n) is 6.58. The van der Waals surface area contributed by atoms with E-state index in [1.54, 1.807) is 6.07 Å². The monoisotopic (exact) mass is 449 g/mol. The molecule has 1 aromatic carbocycles. The smallest absolute Gasteiger partial charge is 0.350 e. The first-order valence-corrected chi connectivity index (χ1v) is 8.13. The SMILES string of the molecule is CC1=CN(Cc2ccccc2)C=C(C(=O)C(F)(F)F)C1C(F)(C(F)(F)F)C(F)(F)F. The zero-order valence-electron chi connectivity index (χ0n) is 15.0. The second kappa shape index (κ2) is 7.62. The second-order valence-corrected chi connectivity index (χ2v) is 6.58. The lowest BCUT2D eigenvalue weighted by Gasteiger charge is -2.40. The van der Waals surface area contributed by atoms with Crippen LogP contribution in [0.15, 0.2) is 53.9 Å². The predicted octanol–water partition coefficient (Wildman–Crippen LogP) is 5.87. The number of carbonyl (C=O) groups is 1. The van der Waals surface area contributed by atoms with Crippen LogP contribution in [0.25, 0.3) is 0 Å². The Hall–Kier alpha value is -2.53. The number of hydrogen-bond donors (Lipinski definition) is 0. The molecule has 1 aliphatic rings. The molecule has 0 saturated carbocycles. The summed E-state index contributed by atoms with van der Waals surface area (Å²) in [4.78, 5) is 12.5. The summed E-state index contributed by atoms with van der Waals surface area (Å²) in [5.41, 5.74) is -8.71. The molecule has 0 aliphatic carbocycles. The van der Waals surface area contributed by atoms with Crippen molar-refractivity contribution >= 4 is 5.78 Å². The lowest BCUT2D eigenvalue weighted by atomic mass is 9.75. The molecule has 0 N–H and O–H groups in total. The highest BCUT2D eigenvalue weighted by Crippen LogP contribution is 2.56. The van der Waals surface area contributed by atoms with Crippen molar-refractivity contribution in [1.29, 1.82) is 0 Å². The van der Waals surface area contributed by atoms with Crippen LogP contribution in [0.4, 0.5) is 43.9 Å². The number of halogens is 10. The molecule has 2 nitrogen and oxygen atoms in total. The van der Waals surface area contributed by atoms with Crippen molar-refractivity contribution in [2.75, 3.05) is 0 Å². The van der Waals surface area contributed by atoms with Crippen molar-refractivity contribution in [1.82, 2.24) is 4.90 Å². The van der Waals surface area contributed by atoms with Crippen LogP contribution < -0.4 is 0 Å². The average molecular weight is 449 g/mol. The highest BCUT2D eigenvalue weighted by Gasteiger charge is 2.77. The summed E-state index contributed by atoms with van der Waals surface area (Å²) in [6.45, 7) is 0.321. The van der Waals surface area contributed by atoms with Crippen LogP contribution >= 0.6 is 0 Å². The van der Waals surface area contributed by atoms with Gasteiger partial charge in [0.15, 0.2) is 0 Å². The van der Waals surface area contributed by atoms with Crippen LogP contribution in [0.1, 0.15) is 12.5 Å². The molecular formula is C18H13F10NO. The van der Waals surface area contributed by atoms with E-state index in [1.807, 2.05) is 0 Å². The molecule has 2 rings (SSSR count). The van der Waals surface area contributed by atoms with Crippen LogP contribution in [-0.2, 0) is 11.3 Å². The van der Waals surface area contributed by atoms with E-state index < -0.39 is 47.0 Å². The van der Waals surface area contributed by atoms with E-state index in [0.29, 0.717) is 18.7 Å². The third-order valence-corrected chi connectivity index (χ3v) is 4.39. The highest BCUT2D eigenvalue weighted by molar-refractivity contribution is 6.01. The van der Waals surface area contributed by atoms with Crippen LogP contribution in [0.5, 0.6) is 0 Å². The Morgan fingerprint density at radius 2 is 1.37 bits per heavy atom. The summed E-state index contributed by atoms with van der Waals surface area (Å²) in [5.74, 6) is -6.55. The normalized spacial score (nSPS) is 18.8. The molecule has 0 bridgehead atoms. The Morgan fingerprint density at radius 1 is 0.867 bits per heavy atom. The van der Waals surface area contributed by atoms with E-state index in [9.17, 15) is 48.7 Å². The maximum atomic E-state index is 14.6. The minimum atomic E-state index is -6.64. The summed E-state index contributed by atoms with van der Waals surface area (Å²) < 4.78 is 133. The molecule has 1 atom stereocenters. The van der Waals surface area contributed by atoms with Crippen LogP contribution in [0.2, 0.25) is 0 Å². The molecule has 12 heteroatoms. The minimum Gasteiger partial charge on any atom is -0.350 e. The maximum Gasteiger partial charge on any atom is 0.454 e. The molecule has 1 heterocycles. The first-order valence-electron chi connectivity index (χ1n) is 8.13. The summed E-state index contributed by atoms with van der Waals surface area (Å²) in [7, 11) is 0.